The summed E-state index contributed by atoms with van der Waals surface area (Å²) < 4.78 is 76.1. The van der Waals surface area contributed by atoms with Crippen molar-refractivity contribution in [3.8, 4) is 17.6 Å². The summed E-state index contributed by atoms with van der Waals surface area (Å²) in [6.45, 7) is 8.67. The standard InChI is InChI=1S/C18H14ClN3O3S.C16H19ClN2O3.C2HF3O2/c19-15-11-22(26(23,24)13-3-1-2-12(8-13)9-20)16-4-5-17-14(18(15)16)10-21-6-7-25-17;1-16(2,3)22-15(20)19-6-7-21-13-5-4-12-14(10(13)9-19)11(17)8-18-12;3-2(4,5)1(6)7/h1-5,8,11,21H,6-7,10H2;4-5,8,18H,6-7,9H2,1-3H3;(H,6,7). The number of carboxylic acid groups (broad SMARTS) is 1. The highest BCUT2D eigenvalue weighted by Gasteiger charge is 2.38. The Balaban J connectivity index is 0.000000182. The molecule has 0 saturated carbocycles. The molecule has 4 heterocycles. The zero-order chi connectivity index (χ0) is 40.3. The molecule has 0 unspecified atom stereocenters. The Hall–Kier alpha value is -5.15. The Morgan fingerprint density at radius 1 is 0.982 bits per heavy atom. The molecular formula is C36H34Cl2F3N5O8S. The van der Waals surface area contributed by atoms with Crippen molar-refractivity contribution in [3.63, 3.8) is 0 Å². The molecule has 5 aromatic rings. The van der Waals surface area contributed by atoms with Crippen molar-refractivity contribution in [3.05, 3.63) is 87.7 Å². The first-order valence-corrected chi connectivity index (χ1v) is 18.6. The molecular weight excluding hydrogens is 790 g/mol. The zero-order valence-corrected chi connectivity index (χ0v) is 31.8. The maximum atomic E-state index is 13.1. The summed E-state index contributed by atoms with van der Waals surface area (Å²) in [5.74, 6) is -1.29. The summed E-state index contributed by atoms with van der Waals surface area (Å²) in [6, 6.07) is 15.2. The maximum absolute atomic E-state index is 13.1. The Kier molecular flexibility index (Phi) is 12.2. The molecule has 55 heavy (non-hydrogen) atoms. The van der Waals surface area contributed by atoms with Gasteiger partial charge in [0.05, 0.1) is 45.2 Å². The van der Waals surface area contributed by atoms with Crippen LogP contribution >= 0.6 is 23.2 Å². The number of carbonyl (C=O) groups is 2. The van der Waals surface area contributed by atoms with Crippen molar-refractivity contribution >= 4 is 67.1 Å². The molecule has 0 atom stereocenters. The second-order valence-electron chi connectivity index (χ2n) is 13.0. The number of halogens is 5. The molecule has 0 radical (unpaired) electrons. The number of rotatable bonds is 2. The van der Waals surface area contributed by atoms with Crippen LogP contribution < -0.4 is 14.8 Å². The Labute approximate surface area is 323 Å². The van der Waals surface area contributed by atoms with Crippen molar-refractivity contribution in [2.45, 2.75) is 50.5 Å². The van der Waals surface area contributed by atoms with Crippen LogP contribution in [0.5, 0.6) is 11.5 Å². The van der Waals surface area contributed by atoms with Crippen molar-refractivity contribution in [1.82, 2.24) is 19.2 Å². The lowest BCUT2D eigenvalue weighted by Crippen LogP contribution is -2.37. The first-order chi connectivity index (χ1) is 25.8. The van der Waals surface area contributed by atoms with Crippen LogP contribution in [-0.4, -0.2) is 77.5 Å². The highest BCUT2D eigenvalue weighted by Crippen LogP contribution is 2.38. The van der Waals surface area contributed by atoms with Crippen molar-refractivity contribution < 1.29 is 50.5 Å². The highest BCUT2D eigenvalue weighted by molar-refractivity contribution is 7.90. The van der Waals surface area contributed by atoms with Crippen LogP contribution in [-0.2, 0) is 32.6 Å². The minimum absolute atomic E-state index is 0.0365. The molecule has 0 bridgehead atoms. The third-order valence-corrected chi connectivity index (χ3v) is 10.3. The van der Waals surface area contributed by atoms with Gasteiger partial charge < -0.3 is 34.5 Å². The van der Waals surface area contributed by atoms with Gasteiger partial charge in [-0.1, -0.05) is 29.3 Å². The fourth-order valence-corrected chi connectivity index (χ4v) is 7.69. The molecule has 2 aliphatic rings. The van der Waals surface area contributed by atoms with Crippen molar-refractivity contribution in [1.29, 1.82) is 5.26 Å². The van der Waals surface area contributed by atoms with E-state index in [-0.39, 0.29) is 16.6 Å². The van der Waals surface area contributed by atoms with Gasteiger partial charge in [-0.25, -0.2) is 22.0 Å². The van der Waals surface area contributed by atoms with Gasteiger partial charge in [-0.2, -0.15) is 18.4 Å². The summed E-state index contributed by atoms with van der Waals surface area (Å²) in [7, 11) is -3.89. The molecule has 19 heteroatoms. The SMILES string of the molecule is CC(C)(C)OC(=O)N1CCOc2ccc3[nH]cc(Cl)c3c2C1.N#Cc1cccc(S(=O)(=O)n2cc(Cl)c3c4c(ccc32)OCCNC4)c1.O=C(O)C(F)(F)F. The lowest BCUT2D eigenvalue weighted by atomic mass is 10.1. The smallest absolute Gasteiger partial charge is 0.490 e. The Bertz CT molecular complexity index is 2400. The minimum atomic E-state index is -5.08. The van der Waals surface area contributed by atoms with Gasteiger partial charge in [0.1, 0.15) is 30.3 Å². The summed E-state index contributed by atoms with van der Waals surface area (Å²) in [5.41, 5.74) is 2.91. The molecule has 3 N–H and O–H groups in total. The summed E-state index contributed by atoms with van der Waals surface area (Å²) in [5, 5.41) is 21.9. The fraction of sp³-hybridized carbons (Fsp3) is 0.306. The number of fused-ring (bicyclic) bond motifs is 6. The monoisotopic (exact) mass is 823 g/mol. The molecule has 7 rings (SSSR count). The first-order valence-electron chi connectivity index (χ1n) is 16.4. The van der Waals surface area contributed by atoms with Gasteiger partial charge in [-0.3, -0.25) is 0 Å². The fourth-order valence-electron chi connectivity index (χ4n) is 5.64. The molecule has 13 nitrogen and oxygen atoms in total. The molecule has 0 spiro atoms. The third-order valence-electron chi connectivity index (χ3n) is 8.04. The summed E-state index contributed by atoms with van der Waals surface area (Å²) in [4.78, 5) is 26.0. The number of H-pyrrole nitrogens is 1. The van der Waals surface area contributed by atoms with E-state index in [4.69, 9.17) is 52.6 Å². The molecule has 292 valence electrons. The molecule has 0 saturated heterocycles. The quantitative estimate of drug-likeness (QED) is 0.162. The Morgan fingerprint density at radius 2 is 1.65 bits per heavy atom. The van der Waals surface area contributed by atoms with Gasteiger partial charge in [0, 0.05) is 52.9 Å². The van der Waals surface area contributed by atoms with Crippen LogP contribution in [0.3, 0.4) is 0 Å². The molecule has 2 aliphatic heterocycles. The van der Waals surface area contributed by atoms with E-state index in [1.165, 1.54) is 18.3 Å². The van der Waals surface area contributed by atoms with E-state index >= 15 is 0 Å². The van der Waals surface area contributed by atoms with E-state index in [2.05, 4.69) is 10.3 Å². The minimum Gasteiger partial charge on any atom is -0.492 e. The predicted octanol–water partition coefficient (Wildman–Crippen LogP) is 7.47. The van der Waals surface area contributed by atoms with Gasteiger partial charge in [0.25, 0.3) is 10.0 Å². The first kappa shape index (κ1) is 41.0. The second-order valence-corrected chi connectivity index (χ2v) is 15.7. The highest BCUT2D eigenvalue weighted by atomic mass is 35.5. The number of nitrogens with one attached hydrogen (secondary N) is 2. The summed E-state index contributed by atoms with van der Waals surface area (Å²) in [6.07, 6.45) is -2.28. The third kappa shape index (κ3) is 9.39. The van der Waals surface area contributed by atoms with E-state index in [0.29, 0.717) is 66.1 Å². The average Bonchev–Trinajstić information content (AvgIpc) is 3.45. The molecule has 3 aromatic carbocycles. The Morgan fingerprint density at radius 3 is 2.33 bits per heavy atom. The lowest BCUT2D eigenvalue weighted by Gasteiger charge is -2.26. The maximum Gasteiger partial charge on any atom is 0.490 e. The van der Waals surface area contributed by atoms with E-state index < -0.39 is 27.8 Å². The van der Waals surface area contributed by atoms with Gasteiger partial charge in [-0.05, 0) is 63.2 Å². The number of hydrogen-bond donors (Lipinski definition) is 3. The van der Waals surface area contributed by atoms with Crippen LogP contribution in [0.4, 0.5) is 18.0 Å². The molecule has 0 fully saturated rings. The number of aromatic nitrogens is 2. The number of amides is 1. The molecule has 0 aliphatic carbocycles. The van der Waals surface area contributed by atoms with Gasteiger partial charge >= 0.3 is 18.2 Å². The average molecular weight is 825 g/mol. The van der Waals surface area contributed by atoms with Crippen LogP contribution in [0.15, 0.2) is 65.8 Å². The van der Waals surface area contributed by atoms with E-state index in [0.717, 1.165) is 31.8 Å². The van der Waals surface area contributed by atoms with Gasteiger partial charge in [-0.15, -0.1) is 0 Å². The number of carbonyl (C=O) groups excluding carboxylic acids is 1. The number of nitrogens with zero attached hydrogens (tertiary/aromatic N) is 3. The van der Waals surface area contributed by atoms with Gasteiger partial charge in [0.15, 0.2) is 0 Å². The van der Waals surface area contributed by atoms with Crippen molar-refractivity contribution in [2.24, 2.45) is 0 Å². The number of aliphatic carboxylic acids is 1. The normalized spacial score (nSPS) is 14.3. The number of alkyl halides is 3. The zero-order valence-electron chi connectivity index (χ0n) is 29.5. The number of aromatic amines is 1. The molecule has 1 amide bonds. The van der Waals surface area contributed by atoms with E-state index in [1.54, 1.807) is 35.4 Å². The predicted molar refractivity (Wildman–Crippen MR) is 197 cm³/mol. The number of carboxylic acids is 1. The number of nitriles is 1. The van der Waals surface area contributed by atoms with E-state index in [9.17, 15) is 26.4 Å². The molecule has 2 aromatic heterocycles. The van der Waals surface area contributed by atoms with Gasteiger partial charge in [0.2, 0.25) is 0 Å². The lowest BCUT2D eigenvalue weighted by molar-refractivity contribution is -0.192. The number of ether oxygens (including phenoxy) is 3. The number of hydrogen-bond acceptors (Lipinski definition) is 9. The van der Waals surface area contributed by atoms with E-state index in [1.807, 2.05) is 39.0 Å². The van der Waals surface area contributed by atoms with Crippen molar-refractivity contribution in [2.75, 3.05) is 26.3 Å². The van der Waals surface area contributed by atoms with Crippen LogP contribution in [0.25, 0.3) is 21.8 Å². The second kappa shape index (κ2) is 16.3. The van der Waals surface area contributed by atoms with Crippen LogP contribution in [0.2, 0.25) is 10.0 Å². The van der Waals surface area contributed by atoms with Crippen LogP contribution in [0.1, 0.15) is 37.5 Å². The summed E-state index contributed by atoms with van der Waals surface area (Å²) >= 11 is 12.7. The van der Waals surface area contributed by atoms with Crippen LogP contribution in [0, 0.1) is 11.3 Å². The number of benzene rings is 3. The largest absolute Gasteiger partial charge is 0.492 e. The topological polar surface area (TPSA) is 176 Å².